The molecule has 4 aromatic heterocycles. The molecule has 0 bridgehead atoms. The number of rotatable bonds is 5. The van der Waals surface area contributed by atoms with Crippen molar-refractivity contribution < 1.29 is 13.5 Å². The summed E-state index contributed by atoms with van der Waals surface area (Å²) < 4.78 is 32.6. The molecule has 0 radical (unpaired) electrons. The summed E-state index contributed by atoms with van der Waals surface area (Å²) in [5.41, 5.74) is 3.92. The Balaban J connectivity index is 1.59. The molecule has 27 heavy (non-hydrogen) atoms. The fraction of sp³-hybridized carbons (Fsp3) is 0.158. The molecule has 0 N–H and O–H groups in total. The van der Waals surface area contributed by atoms with Gasteiger partial charge in [-0.3, -0.25) is 4.98 Å². The summed E-state index contributed by atoms with van der Waals surface area (Å²) in [6, 6.07) is 7.13. The second-order valence-electron chi connectivity index (χ2n) is 6.17. The fourth-order valence-electron chi connectivity index (χ4n) is 2.56. The van der Waals surface area contributed by atoms with Crippen LogP contribution in [0.15, 0.2) is 61.6 Å². The monoisotopic (exact) mass is 367 g/mol. The molecule has 0 amide bonds. The average molecular weight is 367 g/mol. The molecule has 0 fully saturated rings. The van der Waals surface area contributed by atoms with Gasteiger partial charge in [0, 0.05) is 42.8 Å². The molecule has 0 aliphatic heterocycles. The highest BCUT2D eigenvalue weighted by Gasteiger charge is 2.22. The molecule has 6 nitrogen and oxygen atoms in total. The van der Waals surface area contributed by atoms with E-state index in [9.17, 15) is 8.78 Å². The minimum absolute atomic E-state index is 0.287. The van der Waals surface area contributed by atoms with E-state index in [2.05, 4.69) is 19.9 Å². The van der Waals surface area contributed by atoms with Crippen LogP contribution in [-0.2, 0) is 0 Å². The Labute approximate surface area is 153 Å². The van der Waals surface area contributed by atoms with Crippen LogP contribution in [-0.4, -0.2) is 36.9 Å². The number of nitrogens with zero attached hydrogens (tertiary/aromatic N) is 5. The van der Waals surface area contributed by atoms with Gasteiger partial charge in [0.15, 0.2) is 6.61 Å². The third kappa shape index (κ3) is 3.89. The first-order valence-corrected chi connectivity index (χ1v) is 8.19. The Hall–Kier alpha value is -3.42. The molecule has 0 aliphatic carbocycles. The van der Waals surface area contributed by atoms with Crippen molar-refractivity contribution in [1.82, 2.24) is 24.3 Å². The molecule has 4 aromatic rings. The van der Waals surface area contributed by atoms with Gasteiger partial charge < -0.3 is 9.14 Å². The Morgan fingerprint density at radius 2 is 1.78 bits per heavy atom. The Morgan fingerprint density at radius 1 is 0.963 bits per heavy atom. The Bertz CT molecular complexity index is 1060. The van der Waals surface area contributed by atoms with Crippen molar-refractivity contribution in [3.05, 3.63) is 61.6 Å². The number of ether oxygens (including phenoxy) is 1. The molecule has 0 unspecified atom stereocenters. The molecular weight excluding hydrogens is 352 g/mol. The van der Waals surface area contributed by atoms with Gasteiger partial charge in [0.05, 0.1) is 11.9 Å². The minimum atomic E-state index is -2.89. The molecule has 0 atom stereocenters. The maximum absolute atomic E-state index is 12.9. The number of alkyl halides is 2. The highest BCUT2D eigenvalue weighted by molar-refractivity contribution is 5.65. The molecule has 0 aromatic carbocycles. The van der Waals surface area contributed by atoms with Crippen LogP contribution in [0.4, 0.5) is 8.78 Å². The van der Waals surface area contributed by atoms with Crippen LogP contribution in [0.5, 0.6) is 5.75 Å². The van der Waals surface area contributed by atoms with E-state index in [1.807, 2.05) is 28.9 Å². The van der Waals surface area contributed by atoms with Crippen LogP contribution in [0, 0.1) is 0 Å². The summed E-state index contributed by atoms with van der Waals surface area (Å²) in [4.78, 5) is 16.9. The van der Waals surface area contributed by atoms with E-state index in [1.54, 1.807) is 24.5 Å². The van der Waals surface area contributed by atoms with Crippen LogP contribution in [0.1, 0.15) is 6.92 Å². The Morgan fingerprint density at radius 3 is 2.48 bits per heavy atom. The molecule has 136 valence electrons. The first-order chi connectivity index (χ1) is 13.0. The second-order valence-corrected chi connectivity index (χ2v) is 6.17. The molecule has 0 saturated heterocycles. The molecular formula is C19H15F2N5O. The van der Waals surface area contributed by atoms with Crippen molar-refractivity contribution in [2.75, 3.05) is 6.61 Å². The summed E-state index contributed by atoms with van der Waals surface area (Å²) in [6.45, 7) is 0.121. The van der Waals surface area contributed by atoms with Gasteiger partial charge in [0.2, 0.25) is 0 Å². The summed E-state index contributed by atoms with van der Waals surface area (Å²) in [6.07, 6.45) is 10.2. The number of aromatic nitrogens is 5. The molecule has 0 spiro atoms. The third-order valence-corrected chi connectivity index (χ3v) is 3.84. The van der Waals surface area contributed by atoms with Crippen LogP contribution in [0.25, 0.3) is 28.2 Å². The molecule has 4 rings (SSSR count). The van der Waals surface area contributed by atoms with Gasteiger partial charge in [-0.2, -0.15) is 0 Å². The van der Waals surface area contributed by atoms with E-state index < -0.39 is 12.5 Å². The number of pyridine rings is 2. The number of imidazole rings is 1. The smallest absolute Gasteiger partial charge is 0.278 e. The number of hydrogen-bond donors (Lipinski definition) is 0. The Kier molecular flexibility index (Phi) is 4.23. The van der Waals surface area contributed by atoms with Crippen LogP contribution in [0.3, 0.4) is 0 Å². The van der Waals surface area contributed by atoms with Gasteiger partial charge in [-0.15, -0.1) is 0 Å². The topological polar surface area (TPSA) is 65.2 Å². The number of fused-ring (bicyclic) bond motifs is 1. The van der Waals surface area contributed by atoms with Gasteiger partial charge in [0.25, 0.3) is 5.92 Å². The van der Waals surface area contributed by atoms with Crippen LogP contribution >= 0.6 is 0 Å². The van der Waals surface area contributed by atoms with Crippen molar-refractivity contribution in [2.45, 2.75) is 12.8 Å². The summed E-state index contributed by atoms with van der Waals surface area (Å²) in [7, 11) is 0. The van der Waals surface area contributed by atoms with Crippen molar-refractivity contribution >= 4 is 5.65 Å². The molecule has 4 heterocycles. The van der Waals surface area contributed by atoms with E-state index in [0.29, 0.717) is 11.4 Å². The maximum atomic E-state index is 12.9. The maximum Gasteiger partial charge on any atom is 0.278 e. The van der Waals surface area contributed by atoms with Crippen molar-refractivity contribution in [3.63, 3.8) is 0 Å². The SMILES string of the molecule is CC(F)(F)COc1ccc(-c2cn3cc(-c4cncnc4)ccc3n2)nc1. The normalized spacial score (nSPS) is 11.7. The first-order valence-electron chi connectivity index (χ1n) is 8.19. The van der Waals surface area contributed by atoms with Gasteiger partial charge in [-0.1, -0.05) is 0 Å². The van der Waals surface area contributed by atoms with Gasteiger partial charge in [-0.05, 0) is 24.3 Å². The van der Waals surface area contributed by atoms with Gasteiger partial charge >= 0.3 is 0 Å². The van der Waals surface area contributed by atoms with Crippen molar-refractivity contribution in [3.8, 4) is 28.3 Å². The second kappa shape index (κ2) is 6.71. The highest BCUT2D eigenvalue weighted by atomic mass is 19.3. The predicted octanol–water partition coefficient (Wildman–Crippen LogP) is 3.89. The lowest BCUT2D eigenvalue weighted by Crippen LogP contribution is -2.20. The largest absolute Gasteiger partial charge is 0.486 e. The summed E-state index contributed by atoms with van der Waals surface area (Å²) in [5.74, 6) is -2.60. The number of hydrogen-bond acceptors (Lipinski definition) is 5. The lowest BCUT2D eigenvalue weighted by Gasteiger charge is -2.11. The van der Waals surface area contributed by atoms with Crippen molar-refractivity contribution in [2.24, 2.45) is 0 Å². The minimum Gasteiger partial charge on any atom is -0.486 e. The third-order valence-electron chi connectivity index (χ3n) is 3.84. The predicted molar refractivity (Wildman–Crippen MR) is 95.6 cm³/mol. The van der Waals surface area contributed by atoms with Gasteiger partial charge in [-0.25, -0.2) is 23.7 Å². The summed E-state index contributed by atoms with van der Waals surface area (Å²) >= 11 is 0. The number of halogens is 2. The van der Waals surface area contributed by atoms with Crippen LogP contribution in [0.2, 0.25) is 0 Å². The first kappa shape index (κ1) is 17.0. The lowest BCUT2D eigenvalue weighted by molar-refractivity contribution is -0.0230. The molecule has 0 saturated carbocycles. The average Bonchev–Trinajstić information content (AvgIpc) is 3.10. The van der Waals surface area contributed by atoms with E-state index in [-0.39, 0.29) is 5.75 Å². The van der Waals surface area contributed by atoms with Gasteiger partial charge in [0.1, 0.15) is 23.4 Å². The zero-order valence-electron chi connectivity index (χ0n) is 14.4. The van der Waals surface area contributed by atoms with E-state index >= 15 is 0 Å². The summed E-state index contributed by atoms with van der Waals surface area (Å²) in [5, 5.41) is 0. The highest BCUT2D eigenvalue weighted by Crippen LogP contribution is 2.23. The molecule has 8 heteroatoms. The van der Waals surface area contributed by atoms with Crippen molar-refractivity contribution in [1.29, 1.82) is 0 Å². The zero-order chi connectivity index (χ0) is 18.9. The van der Waals surface area contributed by atoms with E-state index in [1.165, 1.54) is 12.5 Å². The fourth-order valence-corrected chi connectivity index (χ4v) is 2.56. The standard InChI is InChI=1S/C19H15F2N5O/c1-19(20,21)11-27-15-3-4-16(24-8-15)17-10-26-9-13(2-5-18(26)25-17)14-6-22-12-23-7-14/h2-10,12H,11H2,1H3. The molecule has 0 aliphatic rings. The van der Waals surface area contributed by atoms with Crippen LogP contribution < -0.4 is 4.74 Å². The lowest BCUT2D eigenvalue weighted by atomic mass is 10.1. The zero-order valence-corrected chi connectivity index (χ0v) is 14.4. The van der Waals surface area contributed by atoms with E-state index in [4.69, 9.17) is 4.74 Å². The quantitative estimate of drug-likeness (QED) is 0.535. The van der Waals surface area contributed by atoms with E-state index in [0.717, 1.165) is 23.7 Å².